The minimum atomic E-state index is 0.410. The van der Waals surface area contributed by atoms with Gasteiger partial charge in [0, 0.05) is 12.4 Å². The lowest BCUT2D eigenvalue weighted by Gasteiger charge is -2.18. The quantitative estimate of drug-likeness (QED) is 0.485. The third kappa shape index (κ3) is 4.94. The summed E-state index contributed by atoms with van der Waals surface area (Å²) >= 11 is 3.50. The van der Waals surface area contributed by atoms with Gasteiger partial charge in [0.1, 0.15) is 0 Å². The van der Waals surface area contributed by atoms with Crippen molar-refractivity contribution in [3.8, 4) is 0 Å². The summed E-state index contributed by atoms with van der Waals surface area (Å²) in [5.41, 5.74) is 0. The van der Waals surface area contributed by atoms with Crippen LogP contribution in [0.5, 0.6) is 0 Å². The van der Waals surface area contributed by atoms with Crippen molar-refractivity contribution in [3.05, 3.63) is 12.7 Å². The fourth-order valence-corrected chi connectivity index (χ4v) is 1.79. The smallest absolute Gasteiger partial charge is 0.0571 e. The van der Waals surface area contributed by atoms with E-state index in [4.69, 9.17) is 4.74 Å². The molecule has 0 aromatic rings. The van der Waals surface area contributed by atoms with Crippen LogP contribution in [0.15, 0.2) is 12.7 Å². The van der Waals surface area contributed by atoms with E-state index >= 15 is 0 Å². The molecule has 12 heavy (non-hydrogen) atoms. The summed E-state index contributed by atoms with van der Waals surface area (Å²) in [6.07, 6.45) is 5.69. The van der Waals surface area contributed by atoms with Crippen molar-refractivity contribution >= 4 is 15.9 Å². The third-order valence-corrected chi connectivity index (χ3v) is 3.02. The molecular weight excluding hydrogens is 216 g/mol. The predicted molar refractivity (Wildman–Crippen MR) is 57.8 cm³/mol. The van der Waals surface area contributed by atoms with Crippen LogP contribution >= 0.6 is 15.9 Å². The van der Waals surface area contributed by atoms with Crippen LogP contribution in [-0.2, 0) is 4.74 Å². The summed E-state index contributed by atoms with van der Waals surface area (Å²) in [6, 6.07) is 0. The van der Waals surface area contributed by atoms with E-state index in [0.717, 1.165) is 24.6 Å². The minimum Gasteiger partial charge on any atom is -0.381 e. The molecule has 0 amide bonds. The van der Waals surface area contributed by atoms with Gasteiger partial charge < -0.3 is 4.74 Å². The Kier molecular flexibility index (Phi) is 7.93. The van der Waals surface area contributed by atoms with Gasteiger partial charge in [0.2, 0.25) is 0 Å². The molecule has 0 saturated carbocycles. The molecule has 72 valence electrons. The molecule has 0 rings (SSSR count). The molecule has 0 aliphatic carbocycles. The highest BCUT2D eigenvalue weighted by Gasteiger charge is 2.12. The van der Waals surface area contributed by atoms with Gasteiger partial charge in [-0.25, -0.2) is 0 Å². The van der Waals surface area contributed by atoms with Gasteiger partial charge in [0.25, 0.3) is 0 Å². The largest absolute Gasteiger partial charge is 0.381 e. The molecule has 1 nitrogen and oxygen atoms in total. The molecule has 0 aromatic carbocycles. The minimum absolute atomic E-state index is 0.410. The van der Waals surface area contributed by atoms with Gasteiger partial charge in [-0.3, -0.25) is 0 Å². The first-order chi connectivity index (χ1) is 5.78. The van der Waals surface area contributed by atoms with Crippen LogP contribution in [0.25, 0.3) is 0 Å². The molecule has 0 fully saturated rings. The fourth-order valence-electron chi connectivity index (χ4n) is 1.26. The normalized spacial score (nSPS) is 15.6. The van der Waals surface area contributed by atoms with Gasteiger partial charge in [0.05, 0.1) is 6.10 Å². The Morgan fingerprint density at radius 1 is 1.58 bits per heavy atom. The summed E-state index contributed by atoms with van der Waals surface area (Å²) in [4.78, 5) is 0. The number of alkyl halides is 1. The van der Waals surface area contributed by atoms with Crippen LogP contribution in [0.4, 0.5) is 0 Å². The van der Waals surface area contributed by atoms with Crippen molar-refractivity contribution in [1.29, 1.82) is 0 Å². The average molecular weight is 235 g/mol. The number of rotatable bonds is 7. The second-order valence-corrected chi connectivity index (χ2v) is 3.69. The van der Waals surface area contributed by atoms with Crippen molar-refractivity contribution in [2.24, 2.45) is 5.92 Å². The lowest BCUT2D eigenvalue weighted by molar-refractivity contribution is 0.0804. The maximum Gasteiger partial charge on any atom is 0.0571 e. The molecule has 0 saturated heterocycles. The van der Waals surface area contributed by atoms with Crippen LogP contribution in [0.2, 0.25) is 0 Å². The Bertz CT molecular complexity index is 110. The molecule has 2 atom stereocenters. The van der Waals surface area contributed by atoms with Crippen molar-refractivity contribution in [3.63, 3.8) is 0 Å². The fraction of sp³-hybridized carbons (Fsp3) is 0.800. The molecule has 2 unspecified atom stereocenters. The van der Waals surface area contributed by atoms with E-state index in [2.05, 4.69) is 29.4 Å². The highest BCUT2D eigenvalue weighted by Crippen LogP contribution is 2.17. The molecule has 0 N–H and O–H groups in total. The van der Waals surface area contributed by atoms with Gasteiger partial charge in [-0.1, -0.05) is 28.9 Å². The van der Waals surface area contributed by atoms with E-state index in [1.54, 1.807) is 7.11 Å². The summed E-state index contributed by atoms with van der Waals surface area (Å²) in [7, 11) is 1.79. The predicted octanol–water partition coefficient (Wildman–Crippen LogP) is 3.39. The van der Waals surface area contributed by atoms with Crippen LogP contribution in [0, 0.1) is 5.92 Å². The van der Waals surface area contributed by atoms with E-state index in [9.17, 15) is 0 Å². The first-order valence-corrected chi connectivity index (χ1v) is 5.60. The first-order valence-electron chi connectivity index (χ1n) is 4.48. The molecule has 0 spiro atoms. The topological polar surface area (TPSA) is 9.23 Å². The van der Waals surface area contributed by atoms with Crippen molar-refractivity contribution in [2.45, 2.75) is 32.3 Å². The zero-order valence-electron chi connectivity index (χ0n) is 8.05. The summed E-state index contributed by atoms with van der Waals surface area (Å²) in [6.45, 7) is 5.91. The molecule has 2 heteroatoms. The Morgan fingerprint density at radius 2 is 2.25 bits per heavy atom. The summed E-state index contributed by atoms with van der Waals surface area (Å²) in [5.74, 6) is 0.674. The number of halogens is 1. The average Bonchev–Trinajstić information content (AvgIpc) is 2.12. The van der Waals surface area contributed by atoms with E-state index < -0.39 is 0 Å². The van der Waals surface area contributed by atoms with Gasteiger partial charge >= 0.3 is 0 Å². The van der Waals surface area contributed by atoms with Crippen LogP contribution < -0.4 is 0 Å². The standard InChI is InChI=1S/C10H19BrO/c1-4-6-9(8-11)7-10(5-2)12-3/h4,9-10H,1,5-8H2,2-3H3. The Labute approximate surface area is 84.3 Å². The van der Waals surface area contributed by atoms with Crippen molar-refractivity contribution in [1.82, 2.24) is 0 Å². The number of hydrogen-bond acceptors (Lipinski definition) is 1. The van der Waals surface area contributed by atoms with Crippen LogP contribution in [-0.4, -0.2) is 18.5 Å². The Balaban J connectivity index is 3.73. The Morgan fingerprint density at radius 3 is 2.58 bits per heavy atom. The molecular formula is C10H19BrO. The van der Waals surface area contributed by atoms with Gasteiger partial charge in [-0.15, -0.1) is 6.58 Å². The zero-order chi connectivity index (χ0) is 9.40. The maximum atomic E-state index is 5.32. The van der Waals surface area contributed by atoms with E-state index in [-0.39, 0.29) is 0 Å². The van der Waals surface area contributed by atoms with Gasteiger partial charge in [0.15, 0.2) is 0 Å². The number of allylic oxidation sites excluding steroid dienone is 1. The van der Waals surface area contributed by atoms with Crippen molar-refractivity contribution < 1.29 is 4.74 Å². The summed E-state index contributed by atoms with van der Waals surface area (Å²) < 4.78 is 5.32. The lowest BCUT2D eigenvalue weighted by Crippen LogP contribution is -2.15. The molecule has 0 heterocycles. The van der Waals surface area contributed by atoms with Gasteiger partial charge in [-0.2, -0.15) is 0 Å². The third-order valence-electron chi connectivity index (χ3n) is 2.10. The maximum absolute atomic E-state index is 5.32. The lowest BCUT2D eigenvalue weighted by atomic mass is 9.99. The molecule has 0 aromatic heterocycles. The number of hydrogen-bond donors (Lipinski definition) is 0. The van der Waals surface area contributed by atoms with E-state index in [1.807, 2.05) is 6.08 Å². The second-order valence-electron chi connectivity index (χ2n) is 3.05. The zero-order valence-corrected chi connectivity index (χ0v) is 9.64. The first kappa shape index (κ1) is 12.2. The van der Waals surface area contributed by atoms with Gasteiger partial charge in [-0.05, 0) is 25.2 Å². The monoisotopic (exact) mass is 234 g/mol. The van der Waals surface area contributed by atoms with E-state index in [1.165, 1.54) is 0 Å². The SMILES string of the molecule is C=CCC(CBr)CC(CC)OC. The molecule has 0 aliphatic rings. The molecule has 0 bridgehead atoms. The second kappa shape index (κ2) is 7.81. The summed E-state index contributed by atoms with van der Waals surface area (Å²) in [5, 5.41) is 1.04. The highest BCUT2D eigenvalue weighted by atomic mass is 79.9. The van der Waals surface area contributed by atoms with Crippen LogP contribution in [0.1, 0.15) is 26.2 Å². The van der Waals surface area contributed by atoms with Crippen LogP contribution in [0.3, 0.4) is 0 Å². The number of methoxy groups -OCH3 is 1. The van der Waals surface area contributed by atoms with Crippen molar-refractivity contribution in [2.75, 3.05) is 12.4 Å². The van der Waals surface area contributed by atoms with E-state index in [0.29, 0.717) is 12.0 Å². The number of ether oxygens (including phenoxy) is 1. The Hall–Kier alpha value is 0.180. The highest BCUT2D eigenvalue weighted by molar-refractivity contribution is 9.09. The molecule has 0 radical (unpaired) electrons. The molecule has 0 aliphatic heterocycles.